The quantitative estimate of drug-likeness (QED) is 0.905. The van der Waals surface area contributed by atoms with Crippen LogP contribution in [0.4, 0.5) is 18.9 Å². The molecule has 5 heteroatoms. The number of nitrogens with one attached hydrogen (secondary N) is 1. The van der Waals surface area contributed by atoms with Crippen LogP contribution < -0.4 is 10.2 Å². The molecule has 0 radical (unpaired) electrons. The van der Waals surface area contributed by atoms with Gasteiger partial charge in [0.05, 0.1) is 5.92 Å². The second-order valence-corrected chi connectivity index (χ2v) is 6.04. The zero-order chi connectivity index (χ0) is 15.5. The van der Waals surface area contributed by atoms with Crippen molar-refractivity contribution >= 4 is 5.69 Å². The predicted octanol–water partition coefficient (Wildman–Crippen LogP) is 3.96. The van der Waals surface area contributed by atoms with Gasteiger partial charge in [-0.05, 0) is 37.0 Å². The van der Waals surface area contributed by atoms with Gasteiger partial charge in [-0.3, -0.25) is 0 Å². The molecule has 2 rings (SSSR count). The summed E-state index contributed by atoms with van der Waals surface area (Å²) >= 11 is 0. The zero-order valence-electron chi connectivity index (χ0n) is 12.6. The molecule has 1 aromatic rings. The molecule has 1 saturated carbocycles. The smallest absolute Gasteiger partial charge is 0.378 e. The van der Waals surface area contributed by atoms with E-state index in [1.807, 2.05) is 43.3 Å². The largest absolute Gasteiger partial charge is 0.391 e. The van der Waals surface area contributed by atoms with Gasteiger partial charge in [-0.15, -0.1) is 0 Å². The van der Waals surface area contributed by atoms with Crippen molar-refractivity contribution in [2.24, 2.45) is 5.92 Å². The lowest BCUT2D eigenvalue weighted by Crippen LogP contribution is -2.38. The highest BCUT2D eigenvalue weighted by molar-refractivity contribution is 5.45. The van der Waals surface area contributed by atoms with Gasteiger partial charge in [0.1, 0.15) is 0 Å². The van der Waals surface area contributed by atoms with E-state index in [1.54, 1.807) is 0 Å². The molecule has 0 amide bonds. The minimum atomic E-state index is -4.05. The van der Waals surface area contributed by atoms with Gasteiger partial charge in [-0.2, -0.15) is 13.2 Å². The van der Waals surface area contributed by atoms with E-state index in [-0.39, 0.29) is 18.9 Å². The van der Waals surface area contributed by atoms with Gasteiger partial charge in [0.25, 0.3) is 0 Å². The summed E-state index contributed by atoms with van der Waals surface area (Å²) in [4.78, 5) is 2.02. The third-order valence-corrected chi connectivity index (χ3v) is 4.18. The van der Waals surface area contributed by atoms with E-state index in [4.69, 9.17) is 0 Å². The first-order valence-electron chi connectivity index (χ1n) is 7.42. The topological polar surface area (TPSA) is 15.3 Å². The van der Waals surface area contributed by atoms with Gasteiger partial charge in [-0.1, -0.05) is 18.6 Å². The highest BCUT2D eigenvalue weighted by Crippen LogP contribution is 2.37. The first-order valence-corrected chi connectivity index (χ1v) is 7.42. The van der Waals surface area contributed by atoms with Crippen molar-refractivity contribution in [3.8, 4) is 0 Å². The molecule has 2 atom stereocenters. The second kappa shape index (κ2) is 6.69. The summed E-state index contributed by atoms with van der Waals surface area (Å²) in [6.07, 6.45) is -2.07. The third kappa shape index (κ3) is 4.63. The Morgan fingerprint density at radius 2 is 1.81 bits per heavy atom. The van der Waals surface area contributed by atoms with Crippen molar-refractivity contribution in [3.63, 3.8) is 0 Å². The van der Waals surface area contributed by atoms with E-state index in [9.17, 15) is 13.2 Å². The maximum absolute atomic E-state index is 12.8. The molecule has 2 unspecified atom stereocenters. The molecule has 0 aromatic heterocycles. The number of alkyl halides is 3. The van der Waals surface area contributed by atoms with Gasteiger partial charge in [-0.25, -0.2) is 0 Å². The Balaban J connectivity index is 1.85. The first-order chi connectivity index (χ1) is 9.86. The number of hydrogen-bond donors (Lipinski definition) is 1. The lowest BCUT2D eigenvalue weighted by Gasteiger charge is -2.31. The number of benzene rings is 1. The molecule has 118 valence electrons. The molecule has 0 bridgehead atoms. The molecule has 0 heterocycles. The summed E-state index contributed by atoms with van der Waals surface area (Å²) in [5.74, 6) is -1.14. The fraction of sp³-hybridized carbons (Fsp3) is 0.625. The van der Waals surface area contributed by atoms with Crippen molar-refractivity contribution in [2.75, 3.05) is 19.0 Å². The normalized spacial score (nSPS) is 23.1. The molecule has 1 aliphatic carbocycles. The molecule has 21 heavy (non-hydrogen) atoms. The highest BCUT2D eigenvalue weighted by Gasteiger charge is 2.41. The van der Waals surface area contributed by atoms with Gasteiger partial charge < -0.3 is 10.2 Å². The maximum Gasteiger partial charge on any atom is 0.391 e. The van der Waals surface area contributed by atoms with Crippen LogP contribution in [0.2, 0.25) is 0 Å². The molecule has 0 saturated heterocycles. The Morgan fingerprint density at radius 1 is 1.14 bits per heavy atom. The standard InChI is InChI=1S/C16H23F3N2/c1-21(2)15-8-6-12(7-9-15)11-20-14-5-3-4-13(10-14)16(17,18)19/h6-9,13-14,20H,3-5,10-11H2,1-2H3. The van der Waals surface area contributed by atoms with E-state index in [2.05, 4.69) is 5.32 Å². The summed E-state index contributed by atoms with van der Waals surface area (Å²) < 4.78 is 38.3. The van der Waals surface area contributed by atoms with Crippen LogP contribution >= 0.6 is 0 Å². The van der Waals surface area contributed by atoms with E-state index in [1.165, 1.54) is 0 Å². The average Bonchev–Trinajstić information content (AvgIpc) is 2.45. The second-order valence-electron chi connectivity index (χ2n) is 6.04. The zero-order valence-corrected chi connectivity index (χ0v) is 12.6. The van der Waals surface area contributed by atoms with Crippen molar-refractivity contribution in [1.82, 2.24) is 5.32 Å². The van der Waals surface area contributed by atoms with Crippen LogP contribution in [0.5, 0.6) is 0 Å². The number of rotatable bonds is 4. The fourth-order valence-electron chi connectivity index (χ4n) is 2.85. The SMILES string of the molecule is CN(C)c1ccc(CNC2CCCC(C(F)(F)F)C2)cc1. The van der Waals surface area contributed by atoms with Crippen LogP contribution in [-0.2, 0) is 6.54 Å². The molecule has 1 fully saturated rings. The highest BCUT2D eigenvalue weighted by atomic mass is 19.4. The molecular formula is C16H23F3N2. The Morgan fingerprint density at radius 3 is 2.38 bits per heavy atom. The predicted molar refractivity (Wildman–Crippen MR) is 79.4 cm³/mol. The number of nitrogens with zero attached hydrogens (tertiary/aromatic N) is 1. The van der Waals surface area contributed by atoms with Crippen LogP contribution in [0.15, 0.2) is 24.3 Å². The van der Waals surface area contributed by atoms with Crippen LogP contribution in [0.25, 0.3) is 0 Å². The molecule has 0 spiro atoms. The summed E-state index contributed by atoms with van der Waals surface area (Å²) in [5, 5.41) is 3.28. The molecular weight excluding hydrogens is 277 g/mol. The lowest BCUT2D eigenvalue weighted by molar-refractivity contribution is -0.183. The van der Waals surface area contributed by atoms with Crippen LogP contribution in [0.1, 0.15) is 31.2 Å². The summed E-state index contributed by atoms with van der Waals surface area (Å²) in [6, 6.07) is 8.06. The van der Waals surface area contributed by atoms with E-state index in [0.717, 1.165) is 17.7 Å². The van der Waals surface area contributed by atoms with E-state index < -0.39 is 12.1 Å². The Hall–Kier alpha value is -1.23. The molecule has 1 aromatic carbocycles. The van der Waals surface area contributed by atoms with E-state index in [0.29, 0.717) is 13.0 Å². The van der Waals surface area contributed by atoms with Gasteiger partial charge in [0, 0.05) is 32.4 Å². The minimum Gasteiger partial charge on any atom is -0.378 e. The Kier molecular flexibility index (Phi) is 5.14. The van der Waals surface area contributed by atoms with Crippen molar-refractivity contribution < 1.29 is 13.2 Å². The fourth-order valence-corrected chi connectivity index (χ4v) is 2.85. The van der Waals surface area contributed by atoms with Crippen LogP contribution in [0.3, 0.4) is 0 Å². The van der Waals surface area contributed by atoms with Crippen molar-refractivity contribution in [3.05, 3.63) is 29.8 Å². The molecule has 0 aliphatic heterocycles. The summed E-state index contributed by atoms with van der Waals surface area (Å²) in [7, 11) is 3.96. The first kappa shape index (κ1) is 16.1. The average molecular weight is 300 g/mol. The monoisotopic (exact) mass is 300 g/mol. The number of hydrogen-bond acceptors (Lipinski definition) is 2. The van der Waals surface area contributed by atoms with Crippen LogP contribution in [-0.4, -0.2) is 26.3 Å². The van der Waals surface area contributed by atoms with Crippen LogP contribution in [0, 0.1) is 5.92 Å². The summed E-state index contributed by atoms with van der Waals surface area (Å²) in [6.45, 7) is 0.628. The van der Waals surface area contributed by atoms with Gasteiger partial charge >= 0.3 is 6.18 Å². The molecule has 2 nitrogen and oxygen atoms in total. The van der Waals surface area contributed by atoms with Crippen molar-refractivity contribution in [2.45, 2.75) is 44.4 Å². The summed E-state index contributed by atoms with van der Waals surface area (Å²) in [5.41, 5.74) is 2.23. The maximum atomic E-state index is 12.8. The third-order valence-electron chi connectivity index (χ3n) is 4.18. The lowest BCUT2D eigenvalue weighted by atomic mass is 9.85. The molecule has 1 aliphatic rings. The minimum absolute atomic E-state index is 0.0288. The van der Waals surface area contributed by atoms with Crippen molar-refractivity contribution in [1.29, 1.82) is 0 Å². The Bertz CT molecular complexity index is 440. The number of anilines is 1. The Labute approximate surface area is 124 Å². The van der Waals surface area contributed by atoms with Gasteiger partial charge in [0.15, 0.2) is 0 Å². The molecule has 1 N–H and O–H groups in total. The van der Waals surface area contributed by atoms with E-state index >= 15 is 0 Å². The number of halogens is 3. The van der Waals surface area contributed by atoms with Gasteiger partial charge in [0.2, 0.25) is 0 Å².